The van der Waals surface area contributed by atoms with Gasteiger partial charge >= 0.3 is 0 Å². The Kier molecular flexibility index (Phi) is 4.79. The number of hydrogen-bond acceptors (Lipinski definition) is 3. The third-order valence-corrected chi connectivity index (χ3v) is 4.68. The van der Waals surface area contributed by atoms with Crippen LogP contribution in [0.25, 0.3) is 0 Å². The van der Waals surface area contributed by atoms with E-state index in [1.54, 1.807) is 0 Å². The van der Waals surface area contributed by atoms with Gasteiger partial charge in [-0.15, -0.1) is 0 Å². The highest BCUT2D eigenvalue weighted by molar-refractivity contribution is 5.53. The fourth-order valence-corrected chi connectivity index (χ4v) is 3.42. The number of rotatable bonds is 7. The molecule has 0 spiro atoms. The van der Waals surface area contributed by atoms with Crippen molar-refractivity contribution >= 4 is 5.69 Å². The van der Waals surface area contributed by atoms with Gasteiger partial charge in [0.1, 0.15) is 0 Å². The molecule has 1 aromatic rings. The smallest absolute Gasteiger partial charge is 0.0600 e. The first-order chi connectivity index (χ1) is 10.2. The lowest BCUT2D eigenvalue weighted by Gasteiger charge is -2.34. The van der Waals surface area contributed by atoms with Crippen molar-refractivity contribution in [2.24, 2.45) is 5.92 Å². The van der Waals surface area contributed by atoms with Crippen molar-refractivity contribution < 1.29 is 0 Å². The lowest BCUT2D eigenvalue weighted by molar-refractivity contribution is 0.532. The second-order valence-electron chi connectivity index (χ2n) is 7.14. The number of aromatic nitrogens is 1. The van der Waals surface area contributed by atoms with E-state index in [1.165, 1.54) is 49.8 Å². The molecule has 1 aromatic heterocycles. The molecule has 3 nitrogen and oxygen atoms in total. The van der Waals surface area contributed by atoms with E-state index in [4.69, 9.17) is 0 Å². The van der Waals surface area contributed by atoms with Crippen LogP contribution in [0.3, 0.4) is 0 Å². The topological polar surface area (TPSA) is 28.2 Å². The standard InChI is InChI=1S/C18H29N3/c1-14(2)13-21(17-5-3-4-6-17)18-12-19-10-9-15(18)11-20-16-7-8-16/h9-10,12,14,16-17,20H,3-8,11,13H2,1-2H3. The Balaban J connectivity index is 1.78. The average Bonchev–Trinajstić information content (AvgIpc) is 3.15. The van der Waals surface area contributed by atoms with Crippen LogP contribution in [-0.2, 0) is 6.54 Å². The third kappa shape index (κ3) is 3.97. The first kappa shape index (κ1) is 14.8. The van der Waals surface area contributed by atoms with E-state index in [1.807, 2.05) is 6.20 Å². The van der Waals surface area contributed by atoms with E-state index >= 15 is 0 Å². The zero-order chi connectivity index (χ0) is 14.7. The Morgan fingerprint density at radius 3 is 2.67 bits per heavy atom. The zero-order valence-electron chi connectivity index (χ0n) is 13.5. The maximum absolute atomic E-state index is 4.42. The third-order valence-electron chi connectivity index (χ3n) is 4.68. The molecule has 0 bridgehead atoms. The second-order valence-corrected chi connectivity index (χ2v) is 7.14. The van der Waals surface area contributed by atoms with Crippen molar-refractivity contribution in [1.82, 2.24) is 10.3 Å². The second kappa shape index (κ2) is 6.78. The van der Waals surface area contributed by atoms with Crippen molar-refractivity contribution in [3.8, 4) is 0 Å². The van der Waals surface area contributed by atoms with E-state index in [9.17, 15) is 0 Å². The summed E-state index contributed by atoms with van der Waals surface area (Å²) in [7, 11) is 0. The van der Waals surface area contributed by atoms with Gasteiger partial charge in [-0.05, 0) is 43.2 Å². The summed E-state index contributed by atoms with van der Waals surface area (Å²) in [5.41, 5.74) is 2.79. The molecule has 2 fully saturated rings. The van der Waals surface area contributed by atoms with Crippen LogP contribution < -0.4 is 10.2 Å². The summed E-state index contributed by atoms with van der Waals surface area (Å²) in [5, 5.41) is 3.66. The minimum Gasteiger partial charge on any atom is -0.367 e. The number of anilines is 1. The van der Waals surface area contributed by atoms with Crippen LogP contribution in [0.1, 0.15) is 57.9 Å². The molecule has 0 atom stereocenters. The normalized spacial score (nSPS) is 19.4. The highest BCUT2D eigenvalue weighted by Crippen LogP contribution is 2.31. The summed E-state index contributed by atoms with van der Waals surface area (Å²) in [6.45, 7) is 6.78. The van der Waals surface area contributed by atoms with Gasteiger partial charge in [0.15, 0.2) is 0 Å². The van der Waals surface area contributed by atoms with Gasteiger partial charge in [-0.1, -0.05) is 26.7 Å². The number of hydrogen-bond donors (Lipinski definition) is 1. The molecule has 0 radical (unpaired) electrons. The van der Waals surface area contributed by atoms with E-state index in [0.29, 0.717) is 5.92 Å². The van der Waals surface area contributed by atoms with Crippen molar-refractivity contribution in [3.05, 3.63) is 24.0 Å². The predicted molar refractivity (Wildman–Crippen MR) is 88.5 cm³/mol. The summed E-state index contributed by atoms with van der Waals surface area (Å²) in [6.07, 6.45) is 12.2. The quantitative estimate of drug-likeness (QED) is 0.828. The number of pyridine rings is 1. The first-order valence-electron chi connectivity index (χ1n) is 8.67. The van der Waals surface area contributed by atoms with E-state index in [0.717, 1.165) is 25.2 Å². The molecule has 3 heteroatoms. The first-order valence-corrected chi connectivity index (χ1v) is 8.67. The lowest BCUT2D eigenvalue weighted by Crippen LogP contribution is -2.37. The van der Waals surface area contributed by atoms with Gasteiger partial charge in [0.2, 0.25) is 0 Å². The van der Waals surface area contributed by atoms with Crippen molar-refractivity contribution in [2.75, 3.05) is 11.4 Å². The fourth-order valence-electron chi connectivity index (χ4n) is 3.42. The highest BCUT2D eigenvalue weighted by atomic mass is 15.2. The highest BCUT2D eigenvalue weighted by Gasteiger charge is 2.26. The van der Waals surface area contributed by atoms with Crippen LogP contribution in [0, 0.1) is 5.92 Å². The molecular formula is C18H29N3. The molecule has 0 unspecified atom stereocenters. The molecule has 1 N–H and O–H groups in total. The fraction of sp³-hybridized carbons (Fsp3) is 0.722. The molecule has 21 heavy (non-hydrogen) atoms. The molecule has 0 aliphatic heterocycles. The summed E-state index contributed by atoms with van der Waals surface area (Å²) in [6, 6.07) is 3.68. The maximum Gasteiger partial charge on any atom is 0.0600 e. The van der Waals surface area contributed by atoms with Gasteiger partial charge in [-0.2, -0.15) is 0 Å². The minimum absolute atomic E-state index is 0.690. The summed E-state index contributed by atoms with van der Waals surface area (Å²) in [4.78, 5) is 7.07. The molecule has 0 saturated heterocycles. The summed E-state index contributed by atoms with van der Waals surface area (Å²) < 4.78 is 0. The molecule has 2 aliphatic carbocycles. The predicted octanol–water partition coefficient (Wildman–Crippen LogP) is 3.74. The van der Waals surface area contributed by atoms with Crippen molar-refractivity contribution in [3.63, 3.8) is 0 Å². The van der Waals surface area contributed by atoms with Gasteiger partial charge < -0.3 is 10.2 Å². The Bertz CT molecular complexity index is 448. The minimum atomic E-state index is 0.690. The maximum atomic E-state index is 4.42. The van der Waals surface area contributed by atoms with Crippen molar-refractivity contribution in [1.29, 1.82) is 0 Å². The SMILES string of the molecule is CC(C)CN(c1cnccc1CNC1CC1)C1CCCC1. The van der Waals surface area contributed by atoms with Gasteiger partial charge in [0, 0.05) is 31.4 Å². The molecule has 0 aromatic carbocycles. The van der Waals surface area contributed by atoms with Gasteiger partial charge in [0.05, 0.1) is 11.9 Å². The Morgan fingerprint density at radius 1 is 1.24 bits per heavy atom. The molecule has 2 saturated carbocycles. The molecule has 116 valence electrons. The molecular weight excluding hydrogens is 258 g/mol. The average molecular weight is 287 g/mol. The van der Waals surface area contributed by atoms with Crippen LogP contribution in [0.4, 0.5) is 5.69 Å². The molecule has 1 heterocycles. The molecule has 0 amide bonds. The number of nitrogens with zero attached hydrogens (tertiary/aromatic N) is 2. The van der Waals surface area contributed by atoms with Gasteiger partial charge in [-0.25, -0.2) is 0 Å². The number of nitrogens with one attached hydrogen (secondary N) is 1. The largest absolute Gasteiger partial charge is 0.367 e. The van der Waals surface area contributed by atoms with Crippen molar-refractivity contribution in [2.45, 2.75) is 71.0 Å². The molecule has 2 aliphatic rings. The van der Waals surface area contributed by atoms with E-state index < -0.39 is 0 Å². The van der Waals surface area contributed by atoms with Gasteiger partial charge in [-0.3, -0.25) is 4.98 Å². The van der Waals surface area contributed by atoms with Crippen LogP contribution in [0.5, 0.6) is 0 Å². The van der Waals surface area contributed by atoms with E-state index in [-0.39, 0.29) is 0 Å². The lowest BCUT2D eigenvalue weighted by atomic mass is 10.1. The monoisotopic (exact) mass is 287 g/mol. The Morgan fingerprint density at radius 2 is 2.00 bits per heavy atom. The van der Waals surface area contributed by atoms with Crippen LogP contribution in [-0.4, -0.2) is 23.6 Å². The zero-order valence-corrected chi connectivity index (χ0v) is 13.5. The van der Waals surface area contributed by atoms with Crippen LogP contribution >= 0.6 is 0 Å². The van der Waals surface area contributed by atoms with Crippen LogP contribution in [0.15, 0.2) is 18.5 Å². The van der Waals surface area contributed by atoms with E-state index in [2.05, 4.69) is 41.3 Å². The van der Waals surface area contributed by atoms with Gasteiger partial charge in [0.25, 0.3) is 0 Å². The summed E-state index contributed by atoms with van der Waals surface area (Å²) >= 11 is 0. The molecule has 3 rings (SSSR count). The Labute approximate surface area is 129 Å². The van der Waals surface area contributed by atoms with Crippen LogP contribution in [0.2, 0.25) is 0 Å². The summed E-state index contributed by atoms with van der Waals surface area (Å²) in [5.74, 6) is 0.690. The Hall–Kier alpha value is -1.09.